The first-order valence-corrected chi connectivity index (χ1v) is 7.31. The highest BCUT2D eigenvalue weighted by atomic mass is 32.2. The van der Waals surface area contributed by atoms with Crippen LogP contribution in [0.15, 0.2) is 0 Å². The van der Waals surface area contributed by atoms with Crippen molar-refractivity contribution in [2.45, 2.75) is 31.3 Å². The van der Waals surface area contributed by atoms with E-state index in [1.807, 2.05) is 0 Å². The van der Waals surface area contributed by atoms with E-state index in [4.69, 9.17) is 5.11 Å². The van der Waals surface area contributed by atoms with E-state index in [2.05, 4.69) is 10.6 Å². The average Bonchev–Trinajstić information content (AvgIpc) is 2.93. The Morgan fingerprint density at radius 1 is 1.41 bits per heavy atom. The minimum atomic E-state index is -3.23. The van der Waals surface area contributed by atoms with Crippen LogP contribution in [0.25, 0.3) is 0 Å². The molecule has 1 saturated carbocycles. The van der Waals surface area contributed by atoms with E-state index >= 15 is 0 Å². The smallest absolute Gasteiger partial charge is 0.326 e. The van der Waals surface area contributed by atoms with Gasteiger partial charge in [-0.15, -0.1) is 0 Å². The Hall–Kier alpha value is -1.31. The van der Waals surface area contributed by atoms with Crippen molar-refractivity contribution < 1.29 is 23.1 Å². The van der Waals surface area contributed by atoms with E-state index in [1.54, 1.807) is 0 Å². The first-order valence-electron chi connectivity index (χ1n) is 5.25. The Bertz CT molecular complexity index is 402. The predicted molar refractivity (Wildman–Crippen MR) is 60.4 cm³/mol. The molecule has 98 valence electrons. The van der Waals surface area contributed by atoms with Crippen LogP contribution >= 0.6 is 0 Å². The first-order chi connectivity index (χ1) is 7.78. The summed E-state index contributed by atoms with van der Waals surface area (Å²) in [5.41, 5.74) is 0. The molecule has 8 heteroatoms. The van der Waals surface area contributed by atoms with Gasteiger partial charge in [0.25, 0.3) is 0 Å². The van der Waals surface area contributed by atoms with Gasteiger partial charge in [0.05, 0.1) is 5.75 Å². The molecule has 1 aliphatic rings. The summed E-state index contributed by atoms with van der Waals surface area (Å²) in [5, 5.41) is 13.7. The first kappa shape index (κ1) is 13.8. The van der Waals surface area contributed by atoms with Gasteiger partial charge in [0.1, 0.15) is 15.9 Å². The van der Waals surface area contributed by atoms with Crippen LogP contribution in [0.2, 0.25) is 0 Å². The Labute approximate surface area is 99.5 Å². The zero-order chi connectivity index (χ0) is 13.1. The maximum atomic E-state index is 11.3. The summed E-state index contributed by atoms with van der Waals surface area (Å²) < 4.78 is 21.8. The number of hydrogen-bond acceptors (Lipinski definition) is 4. The average molecular weight is 264 g/mol. The highest BCUT2D eigenvalue weighted by Gasteiger charge is 2.26. The molecule has 0 bridgehead atoms. The van der Waals surface area contributed by atoms with Gasteiger partial charge in [-0.3, -0.25) is 0 Å². The summed E-state index contributed by atoms with van der Waals surface area (Å²) in [5.74, 6) is -1.51. The van der Waals surface area contributed by atoms with E-state index in [9.17, 15) is 18.0 Å². The largest absolute Gasteiger partial charge is 0.480 e. The van der Waals surface area contributed by atoms with Crippen molar-refractivity contribution in [3.63, 3.8) is 0 Å². The number of carbonyl (C=O) groups excluding carboxylic acids is 1. The molecule has 1 rings (SSSR count). The molecule has 0 aromatic rings. The molecule has 1 aliphatic carbocycles. The van der Waals surface area contributed by atoms with Gasteiger partial charge in [0.15, 0.2) is 0 Å². The number of carbonyl (C=O) groups is 2. The van der Waals surface area contributed by atoms with Crippen molar-refractivity contribution >= 4 is 21.8 Å². The minimum Gasteiger partial charge on any atom is -0.480 e. The molecule has 0 spiro atoms. The van der Waals surface area contributed by atoms with Gasteiger partial charge in [-0.25, -0.2) is 18.0 Å². The van der Waals surface area contributed by atoms with Crippen molar-refractivity contribution in [1.29, 1.82) is 0 Å². The number of rotatable bonds is 6. The van der Waals surface area contributed by atoms with Gasteiger partial charge in [0, 0.05) is 12.3 Å². The van der Waals surface area contributed by atoms with Crippen LogP contribution < -0.4 is 10.6 Å². The quantitative estimate of drug-likeness (QED) is 0.589. The monoisotopic (exact) mass is 264 g/mol. The highest BCUT2D eigenvalue weighted by molar-refractivity contribution is 7.90. The molecule has 0 aromatic carbocycles. The molecule has 1 fully saturated rings. The number of aliphatic carboxylic acids is 1. The van der Waals surface area contributed by atoms with Crippen molar-refractivity contribution in [3.8, 4) is 0 Å². The maximum absolute atomic E-state index is 11.3. The minimum absolute atomic E-state index is 0.124. The van der Waals surface area contributed by atoms with Crippen molar-refractivity contribution in [1.82, 2.24) is 10.6 Å². The van der Waals surface area contributed by atoms with Gasteiger partial charge in [0.2, 0.25) is 0 Å². The van der Waals surface area contributed by atoms with E-state index in [1.165, 1.54) is 0 Å². The standard InChI is InChI=1S/C9H16N2O5S/c1-17(15,16)5-4-7(8(12)13)11-9(14)10-6-2-3-6/h6-7H,2-5H2,1H3,(H,12,13)(H2,10,11,14). The van der Waals surface area contributed by atoms with Crippen LogP contribution in [0.5, 0.6) is 0 Å². The summed E-state index contributed by atoms with van der Waals surface area (Å²) in [6, 6.07) is -1.61. The Morgan fingerprint density at radius 2 is 2.00 bits per heavy atom. The molecule has 3 N–H and O–H groups in total. The zero-order valence-electron chi connectivity index (χ0n) is 9.47. The summed E-state index contributed by atoms with van der Waals surface area (Å²) in [6.45, 7) is 0. The molecule has 0 radical (unpaired) electrons. The third-order valence-corrected chi connectivity index (χ3v) is 3.27. The normalized spacial score (nSPS) is 17.2. The van der Waals surface area contributed by atoms with Crippen molar-refractivity contribution in [3.05, 3.63) is 0 Å². The van der Waals surface area contributed by atoms with Gasteiger partial charge >= 0.3 is 12.0 Å². The molecule has 1 atom stereocenters. The molecule has 17 heavy (non-hydrogen) atoms. The van der Waals surface area contributed by atoms with E-state index in [0.717, 1.165) is 19.1 Å². The lowest BCUT2D eigenvalue weighted by atomic mass is 10.2. The van der Waals surface area contributed by atoms with Crippen molar-refractivity contribution in [2.75, 3.05) is 12.0 Å². The number of amides is 2. The maximum Gasteiger partial charge on any atom is 0.326 e. The number of nitrogens with one attached hydrogen (secondary N) is 2. The second-order valence-electron chi connectivity index (χ2n) is 4.20. The van der Waals surface area contributed by atoms with Crippen molar-refractivity contribution in [2.24, 2.45) is 0 Å². The van der Waals surface area contributed by atoms with E-state index in [0.29, 0.717) is 0 Å². The summed E-state index contributed by atoms with van der Waals surface area (Å²) in [4.78, 5) is 22.1. The fourth-order valence-corrected chi connectivity index (χ4v) is 1.87. The molecular formula is C9H16N2O5S. The molecule has 2 amide bonds. The van der Waals surface area contributed by atoms with Gasteiger partial charge in [-0.1, -0.05) is 0 Å². The van der Waals surface area contributed by atoms with Crippen LogP contribution in [0, 0.1) is 0 Å². The zero-order valence-corrected chi connectivity index (χ0v) is 10.3. The van der Waals surface area contributed by atoms with Gasteiger partial charge < -0.3 is 15.7 Å². The number of sulfone groups is 1. The Balaban J connectivity index is 2.41. The molecule has 0 heterocycles. The van der Waals surface area contributed by atoms with Crippen LogP contribution in [-0.4, -0.2) is 49.6 Å². The molecule has 1 unspecified atom stereocenters. The highest BCUT2D eigenvalue weighted by Crippen LogP contribution is 2.18. The lowest BCUT2D eigenvalue weighted by Crippen LogP contribution is -2.47. The lowest BCUT2D eigenvalue weighted by molar-refractivity contribution is -0.139. The predicted octanol–water partition coefficient (Wildman–Crippen LogP) is -0.664. The van der Waals surface area contributed by atoms with Crippen LogP contribution in [0.1, 0.15) is 19.3 Å². The fourth-order valence-electron chi connectivity index (χ4n) is 1.20. The molecule has 0 aliphatic heterocycles. The molecule has 7 nitrogen and oxygen atoms in total. The lowest BCUT2D eigenvalue weighted by Gasteiger charge is -2.14. The number of carboxylic acids is 1. The van der Waals surface area contributed by atoms with E-state index in [-0.39, 0.29) is 18.2 Å². The SMILES string of the molecule is CS(=O)(=O)CCC(NC(=O)NC1CC1)C(=O)O. The summed E-state index contributed by atoms with van der Waals surface area (Å²) in [6.07, 6.45) is 2.69. The summed E-state index contributed by atoms with van der Waals surface area (Å²) >= 11 is 0. The Morgan fingerprint density at radius 3 is 2.41 bits per heavy atom. The van der Waals surface area contributed by atoms with Gasteiger partial charge in [-0.05, 0) is 19.3 Å². The second kappa shape index (κ2) is 5.35. The molecule has 0 aromatic heterocycles. The molecular weight excluding hydrogens is 248 g/mol. The third kappa shape index (κ3) is 6.10. The van der Waals surface area contributed by atoms with Gasteiger partial charge in [-0.2, -0.15) is 0 Å². The van der Waals surface area contributed by atoms with Crippen LogP contribution in [0.4, 0.5) is 4.79 Å². The second-order valence-corrected chi connectivity index (χ2v) is 6.46. The van der Waals surface area contributed by atoms with Crippen LogP contribution in [0.3, 0.4) is 0 Å². The fraction of sp³-hybridized carbons (Fsp3) is 0.778. The number of urea groups is 1. The third-order valence-electron chi connectivity index (χ3n) is 2.29. The van der Waals surface area contributed by atoms with E-state index < -0.39 is 27.9 Å². The number of hydrogen-bond donors (Lipinski definition) is 3. The molecule has 0 saturated heterocycles. The number of carboxylic acid groups (broad SMARTS) is 1. The van der Waals surface area contributed by atoms with Crippen LogP contribution in [-0.2, 0) is 14.6 Å². The topological polar surface area (TPSA) is 113 Å². The Kier molecular flexibility index (Phi) is 4.33. The summed E-state index contributed by atoms with van der Waals surface area (Å²) in [7, 11) is -3.23.